The van der Waals surface area contributed by atoms with Crippen LogP contribution in [0.3, 0.4) is 0 Å². The van der Waals surface area contributed by atoms with Gasteiger partial charge in [0.15, 0.2) is 0 Å². The highest BCUT2D eigenvalue weighted by Crippen LogP contribution is 2.04. The topological polar surface area (TPSA) is 95.1 Å². The lowest BCUT2D eigenvalue weighted by atomic mass is 10.1. The molecule has 1 heterocycles. The van der Waals surface area contributed by atoms with E-state index in [2.05, 4.69) is 15.5 Å². The van der Waals surface area contributed by atoms with Gasteiger partial charge < -0.3 is 10.4 Å². The van der Waals surface area contributed by atoms with Gasteiger partial charge in [0.05, 0.1) is 12.6 Å². The first-order valence-corrected chi connectivity index (χ1v) is 5.57. The van der Waals surface area contributed by atoms with Crippen molar-refractivity contribution in [3.05, 3.63) is 17.5 Å². The van der Waals surface area contributed by atoms with Crippen molar-refractivity contribution in [2.45, 2.75) is 32.6 Å². The zero-order chi connectivity index (χ0) is 12.7. The predicted molar refractivity (Wildman–Crippen MR) is 61.5 cm³/mol. The minimum Gasteiger partial charge on any atom is -0.481 e. The molecule has 0 spiro atoms. The highest BCUT2D eigenvalue weighted by atomic mass is 16.4. The Hall–Kier alpha value is -1.85. The molecule has 3 N–H and O–H groups in total. The minimum atomic E-state index is -0.950. The summed E-state index contributed by atoms with van der Waals surface area (Å²) >= 11 is 0. The molecule has 1 aromatic rings. The molecule has 6 heteroatoms. The second-order valence-corrected chi connectivity index (χ2v) is 3.87. The van der Waals surface area contributed by atoms with E-state index in [4.69, 9.17) is 5.11 Å². The number of carbonyl (C=O) groups is 2. The fourth-order valence-corrected chi connectivity index (χ4v) is 1.44. The van der Waals surface area contributed by atoms with Crippen molar-refractivity contribution in [3.8, 4) is 0 Å². The molecule has 17 heavy (non-hydrogen) atoms. The fraction of sp³-hybridized carbons (Fsp3) is 0.545. The maximum Gasteiger partial charge on any atom is 0.303 e. The van der Waals surface area contributed by atoms with E-state index >= 15 is 0 Å². The Morgan fingerprint density at radius 1 is 1.47 bits per heavy atom. The number of aromatic amines is 1. The summed E-state index contributed by atoms with van der Waals surface area (Å²) in [6, 6.07) is 0. The average molecular weight is 239 g/mol. The summed E-state index contributed by atoms with van der Waals surface area (Å²) in [4.78, 5) is 21.4. The molecule has 0 aromatic carbocycles. The number of hydrogen-bond donors (Lipinski definition) is 3. The number of aryl methyl sites for hydroxylation is 2. The van der Waals surface area contributed by atoms with Crippen LogP contribution in [-0.2, 0) is 16.0 Å². The van der Waals surface area contributed by atoms with Gasteiger partial charge in [0.2, 0.25) is 5.91 Å². The minimum absolute atomic E-state index is 0.0417. The van der Waals surface area contributed by atoms with E-state index in [1.807, 2.05) is 6.92 Å². The van der Waals surface area contributed by atoms with Gasteiger partial charge in [0, 0.05) is 18.7 Å². The number of aromatic nitrogens is 2. The Balaban J connectivity index is 2.10. The summed E-state index contributed by atoms with van der Waals surface area (Å²) in [6.45, 7) is 2.51. The van der Waals surface area contributed by atoms with E-state index in [1.54, 1.807) is 6.20 Å². The second kappa shape index (κ2) is 6.67. The summed E-state index contributed by atoms with van der Waals surface area (Å²) in [5.74, 6) is -1.16. The van der Waals surface area contributed by atoms with Crippen molar-refractivity contribution < 1.29 is 14.7 Å². The van der Waals surface area contributed by atoms with Crippen LogP contribution in [0.2, 0.25) is 0 Å². The number of aliphatic carboxylic acids is 1. The van der Waals surface area contributed by atoms with Crippen molar-refractivity contribution in [1.82, 2.24) is 15.5 Å². The first-order chi connectivity index (χ1) is 8.09. The SMILES string of the molecule is Cc1[nH]ncc1CCCNC(=O)CCC(=O)O. The van der Waals surface area contributed by atoms with Crippen molar-refractivity contribution in [3.63, 3.8) is 0 Å². The van der Waals surface area contributed by atoms with Gasteiger partial charge in [-0.2, -0.15) is 5.10 Å². The van der Waals surface area contributed by atoms with E-state index in [0.717, 1.165) is 24.1 Å². The maximum atomic E-state index is 11.2. The van der Waals surface area contributed by atoms with Crippen molar-refractivity contribution in [2.24, 2.45) is 0 Å². The van der Waals surface area contributed by atoms with E-state index in [1.165, 1.54) is 0 Å². The number of carbonyl (C=O) groups excluding carboxylic acids is 1. The first-order valence-electron chi connectivity index (χ1n) is 5.57. The van der Waals surface area contributed by atoms with Gasteiger partial charge in [0.1, 0.15) is 0 Å². The molecule has 1 aromatic heterocycles. The van der Waals surface area contributed by atoms with Gasteiger partial charge in [-0.15, -0.1) is 0 Å². The molecule has 0 aliphatic rings. The summed E-state index contributed by atoms with van der Waals surface area (Å²) < 4.78 is 0. The molecule has 6 nitrogen and oxygen atoms in total. The van der Waals surface area contributed by atoms with Crippen LogP contribution in [0.4, 0.5) is 0 Å². The Bertz CT molecular complexity index is 387. The number of hydrogen-bond acceptors (Lipinski definition) is 3. The van der Waals surface area contributed by atoms with Gasteiger partial charge in [-0.05, 0) is 25.3 Å². The molecule has 0 aliphatic carbocycles. The highest BCUT2D eigenvalue weighted by molar-refractivity contribution is 5.80. The molecule has 94 valence electrons. The lowest BCUT2D eigenvalue weighted by Gasteiger charge is -2.03. The quantitative estimate of drug-likeness (QED) is 0.608. The van der Waals surface area contributed by atoms with E-state index in [-0.39, 0.29) is 18.7 Å². The summed E-state index contributed by atoms with van der Waals surface area (Å²) in [7, 11) is 0. The van der Waals surface area contributed by atoms with Crippen LogP contribution >= 0.6 is 0 Å². The molecule has 0 fully saturated rings. The molecule has 1 rings (SSSR count). The van der Waals surface area contributed by atoms with E-state index in [9.17, 15) is 9.59 Å². The number of carboxylic acids is 1. The van der Waals surface area contributed by atoms with E-state index in [0.29, 0.717) is 6.54 Å². The number of nitrogens with one attached hydrogen (secondary N) is 2. The van der Waals surface area contributed by atoms with Crippen molar-refractivity contribution in [2.75, 3.05) is 6.54 Å². The molecule has 1 amide bonds. The van der Waals surface area contributed by atoms with Crippen molar-refractivity contribution in [1.29, 1.82) is 0 Å². The van der Waals surface area contributed by atoms with Crippen LogP contribution < -0.4 is 5.32 Å². The van der Waals surface area contributed by atoms with Gasteiger partial charge in [-0.3, -0.25) is 14.7 Å². The van der Waals surface area contributed by atoms with Gasteiger partial charge in [-0.1, -0.05) is 0 Å². The monoisotopic (exact) mass is 239 g/mol. The Kier molecular flexibility index (Phi) is 5.19. The molecule has 0 bridgehead atoms. The van der Waals surface area contributed by atoms with Crippen LogP contribution in [0.25, 0.3) is 0 Å². The smallest absolute Gasteiger partial charge is 0.303 e. The highest BCUT2D eigenvalue weighted by Gasteiger charge is 2.05. The number of carboxylic acid groups (broad SMARTS) is 1. The zero-order valence-electron chi connectivity index (χ0n) is 9.82. The van der Waals surface area contributed by atoms with Crippen LogP contribution in [-0.4, -0.2) is 33.7 Å². The number of rotatable bonds is 7. The van der Waals surface area contributed by atoms with Crippen molar-refractivity contribution >= 4 is 11.9 Å². The third-order valence-corrected chi connectivity index (χ3v) is 2.45. The Morgan fingerprint density at radius 3 is 2.82 bits per heavy atom. The van der Waals surface area contributed by atoms with Crippen LogP contribution in [0.1, 0.15) is 30.5 Å². The van der Waals surface area contributed by atoms with Gasteiger partial charge in [-0.25, -0.2) is 0 Å². The lowest BCUT2D eigenvalue weighted by Crippen LogP contribution is -2.25. The third kappa shape index (κ3) is 5.14. The van der Waals surface area contributed by atoms with Crippen LogP contribution in [0, 0.1) is 6.92 Å². The zero-order valence-corrected chi connectivity index (χ0v) is 9.82. The molecule has 0 unspecified atom stereocenters. The first kappa shape index (κ1) is 13.2. The number of nitrogens with zero attached hydrogens (tertiary/aromatic N) is 1. The van der Waals surface area contributed by atoms with Gasteiger partial charge in [0.25, 0.3) is 0 Å². The van der Waals surface area contributed by atoms with Crippen LogP contribution in [0.5, 0.6) is 0 Å². The largest absolute Gasteiger partial charge is 0.481 e. The van der Waals surface area contributed by atoms with Gasteiger partial charge >= 0.3 is 5.97 Å². The Morgan fingerprint density at radius 2 is 2.24 bits per heavy atom. The average Bonchev–Trinajstić information content (AvgIpc) is 2.68. The molecule has 0 saturated heterocycles. The van der Waals surface area contributed by atoms with E-state index < -0.39 is 5.97 Å². The molecular weight excluding hydrogens is 222 g/mol. The molecule has 0 aliphatic heterocycles. The molecule has 0 atom stereocenters. The molecular formula is C11H17N3O3. The fourth-order valence-electron chi connectivity index (χ4n) is 1.44. The molecule has 0 radical (unpaired) electrons. The normalized spacial score (nSPS) is 10.2. The van der Waals surface area contributed by atoms with Crippen LogP contribution in [0.15, 0.2) is 6.20 Å². The number of amides is 1. The summed E-state index contributed by atoms with van der Waals surface area (Å²) in [6.07, 6.45) is 3.37. The summed E-state index contributed by atoms with van der Waals surface area (Å²) in [5, 5.41) is 17.8. The Labute approximate surface area is 99.4 Å². The second-order valence-electron chi connectivity index (χ2n) is 3.87. The standard InChI is InChI=1S/C11H17N3O3/c1-8-9(7-13-14-8)3-2-6-12-10(15)4-5-11(16)17/h7H,2-6H2,1H3,(H,12,15)(H,13,14)(H,16,17). The maximum absolute atomic E-state index is 11.2. The predicted octanol–water partition coefficient (Wildman–Crippen LogP) is 0.632. The third-order valence-electron chi connectivity index (χ3n) is 2.45. The molecule has 0 saturated carbocycles. The number of H-pyrrole nitrogens is 1. The summed E-state index contributed by atoms with van der Waals surface area (Å²) in [5.41, 5.74) is 2.19. The lowest BCUT2D eigenvalue weighted by molar-refractivity contribution is -0.138.